The summed E-state index contributed by atoms with van der Waals surface area (Å²) in [6.07, 6.45) is 7.25. The first-order valence-electron chi connectivity index (χ1n) is 6.64. The monoisotopic (exact) mass is 310 g/mol. The third kappa shape index (κ3) is 3.35. The predicted molar refractivity (Wildman–Crippen MR) is 76.2 cm³/mol. The average molecular weight is 311 g/mol. The van der Waals surface area contributed by atoms with Crippen molar-refractivity contribution in [3.8, 4) is 5.75 Å². The average Bonchev–Trinajstić information content (AvgIpc) is 2.41. The minimum absolute atomic E-state index is 0.310. The molecule has 98 valence electrons. The summed E-state index contributed by atoms with van der Waals surface area (Å²) in [5, 5.41) is 0. The summed E-state index contributed by atoms with van der Waals surface area (Å²) in [7, 11) is 0. The van der Waals surface area contributed by atoms with Crippen LogP contribution in [0.1, 0.15) is 49.4 Å². The van der Waals surface area contributed by atoms with Crippen LogP contribution in [0, 0.1) is 5.92 Å². The molecule has 1 fully saturated rings. The van der Waals surface area contributed by atoms with Crippen LogP contribution in [0.3, 0.4) is 0 Å². The highest BCUT2D eigenvalue weighted by Gasteiger charge is 2.22. The van der Waals surface area contributed by atoms with Crippen molar-refractivity contribution in [2.24, 2.45) is 5.92 Å². The summed E-state index contributed by atoms with van der Waals surface area (Å²) in [4.78, 5) is 10.9. The Labute approximate surface area is 117 Å². The molecule has 2 rings (SSSR count). The van der Waals surface area contributed by atoms with Gasteiger partial charge < -0.3 is 4.74 Å². The number of ether oxygens (including phenoxy) is 1. The van der Waals surface area contributed by atoms with Gasteiger partial charge in [0.15, 0.2) is 6.29 Å². The number of carbonyl (C=O) groups is 1. The maximum Gasteiger partial charge on any atom is 0.151 e. The van der Waals surface area contributed by atoms with Crippen LogP contribution in [0.2, 0.25) is 0 Å². The molecule has 1 aliphatic carbocycles. The molecule has 0 amide bonds. The molecule has 0 spiro atoms. The van der Waals surface area contributed by atoms with Crippen molar-refractivity contribution in [2.75, 3.05) is 0 Å². The SMILES string of the molecule is CCC1CCCC(Oc2ccc(Br)c(C=O)c2)C1. The van der Waals surface area contributed by atoms with E-state index in [0.717, 1.165) is 35.3 Å². The van der Waals surface area contributed by atoms with Gasteiger partial charge in [-0.1, -0.05) is 35.7 Å². The van der Waals surface area contributed by atoms with E-state index in [0.29, 0.717) is 11.7 Å². The van der Waals surface area contributed by atoms with Gasteiger partial charge in [0, 0.05) is 10.0 Å². The normalized spacial score (nSPS) is 23.7. The van der Waals surface area contributed by atoms with Crippen LogP contribution < -0.4 is 4.74 Å². The Kier molecular flexibility index (Phi) is 4.81. The Balaban J connectivity index is 2.02. The predicted octanol–water partition coefficient (Wildman–Crippen LogP) is 4.61. The molecule has 1 aromatic rings. The molecule has 0 aromatic heterocycles. The lowest BCUT2D eigenvalue weighted by atomic mass is 9.85. The van der Waals surface area contributed by atoms with Crippen molar-refractivity contribution in [1.82, 2.24) is 0 Å². The lowest BCUT2D eigenvalue weighted by Crippen LogP contribution is -2.25. The van der Waals surface area contributed by atoms with E-state index in [1.165, 1.54) is 19.3 Å². The fourth-order valence-corrected chi connectivity index (χ4v) is 2.94. The van der Waals surface area contributed by atoms with Crippen LogP contribution in [0.15, 0.2) is 22.7 Å². The second-order valence-corrected chi connectivity index (χ2v) is 5.84. The lowest BCUT2D eigenvalue weighted by Gasteiger charge is -2.29. The van der Waals surface area contributed by atoms with E-state index >= 15 is 0 Å². The van der Waals surface area contributed by atoms with Gasteiger partial charge in [0.2, 0.25) is 0 Å². The molecule has 18 heavy (non-hydrogen) atoms. The van der Waals surface area contributed by atoms with Gasteiger partial charge in [0.1, 0.15) is 5.75 Å². The summed E-state index contributed by atoms with van der Waals surface area (Å²) >= 11 is 3.35. The first-order valence-corrected chi connectivity index (χ1v) is 7.43. The van der Waals surface area contributed by atoms with Crippen LogP contribution in [-0.4, -0.2) is 12.4 Å². The Hall–Kier alpha value is -0.830. The van der Waals surface area contributed by atoms with Crippen molar-refractivity contribution in [2.45, 2.75) is 45.1 Å². The molecule has 0 N–H and O–H groups in total. The van der Waals surface area contributed by atoms with Crippen LogP contribution in [-0.2, 0) is 0 Å². The zero-order chi connectivity index (χ0) is 13.0. The van der Waals surface area contributed by atoms with Crippen molar-refractivity contribution >= 4 is 22.2 Å². The third-order valence-electron chi connectivity index (χ3n) is 3.71. The summed E-state index contributed by atoms with van der Waals surface area (Å²) in [6, 6.07) is 5.61. The molecule has 0 saturated heterocycles. The molecule has 2 unspecified atom stereocenters. The van der Waals surface area contributed by atoms with E-state index in [4.69, 9.17) is 4.74 Å². The summed E-state index contributed by atoms with van der Waals surface area (Å²) in [6.45, 7) is 2.25. The number of carbonyl (C=O) groups excluding carboxylic acids is 1. The van der Waals surface area contributed by atoms with Crippen LogP contribution in [0.25, 0.3) is 0 Å². The van der Waals surface area contributed by atoms with E-state index in [1.54, 1.807) is 0 Å². The molecule has 1 aliphatic rings. The first kappa shape index (κ1) is 13.6. The molecule has 3 heteroatoms. The van der Waals surface area contributed by atoms with Crippen LogP contribution in [0.5, 0.6) is 5.75 Å². The number of halogens is 1. The van der Waals surface area contributed by atoms with Crippen LogP contribution in [0.4, 0.5) is 0 Å². The number of hydrogen-bond acceptors (Lipinski definition) is 2. The number of benzene rings is 1. The second kappa shape index (κ2) is 6.37. The zero-order valence-electron chi connectivity index (χ0n) is 10.7. The Bertz CT molecular complexity index is 417. The smallest absolute Gasteiger partial charge is 0.151 e. The highest BCUT2D eigenvalue weighted by atomic mass is 79.9. The largest absolute Gasteiger partial charge is 0.490 e. The third-order valence-corrected chi connectivity index (χ3v) is 4.43. The molecule has 1 saturated carbocycles. The van der Waals surface area contributed by atoms with Crippen molar-refractivity contribution in [3.05, 3.63) is 28.2 Å². The van der Waals surface area contributed by atoms with Gasteiger partial charge >= 0.3 is 0 Å². The Morgan fingerprint density at radius 2 is 2.28 bits per heavy atom. The highest BCUT2D eigenvalue weighted by Crippen LogP contribution is 2.30. The van der Waals surface area contributed by atoms with E-state index < -0.39 is 0 Å². The second-order valence-electron chi connectivity index (χ2n) is 4.98. The van der Waals surface area contributed by atoms with Crippen molar-refractivity contribution in [3.63, 3.8) is 0 Å². The van der Waals surface area contributed by atoms with Crippen molar-refractivity contribution in [1.29, 1.82) is 0 Å². The number of aldehydes is 1. The van der Waals surface area contributed by atoms with Gasteiger partial charge in [-0.25, -0.2) is 0 Å². The molecule has 0 radical (unpaired) electrons. The summed E-state index contributed by atoms with van der Waals surface area (Å²) in [5.41, 5.74) is 0.648. The minimum Gasteiger partial charge on any atom is -0.490 e. The Morgan fingerprint density at radius 3 is 3.00 bits per heavy atom. The minimum atomic E-state index is 0.310. The fraction of sp³-hybridized carbons (Fsp3) is 0.533. The topological polar surface area (TPSA) is 26.3 Å². The highest BCUT2D eigenvalue weighted by molar-refractivity contribution is 9.10. The lowest BCUT2D eigenvalue weighted by molar-refractivity contribution is 0.111. The zero-order valence-corrected chi connectivity index (χ0v) is 12.3. The summed E-state index contributed by atoms with van der Waals surface area (Å²) < 4.78 is 6.82. The molecule has 1 aromatic carbocycles. The Morgan fingerprint density at radius 1 is 1.44 bits per heavy atom. The molecular weight excluding hydrogens is 292 g/mol. The number of hydrogen-bond donors (Lipinski definition) is 0. The van der Waals surface area contributed by atoms with E-state index in [-0.39, 0.29) is 0 Å². The molecule has 2 atom stereocenters. The number of rotatable bonds is 4. The van der Waals surface area contributed by atoms with E-state index in [9.17, 15) is 4.79 Å². The maximum absolute atomic E-state index is 10.9. The molecule has 0 aliphatic heterocycles. The molecule has 0 bridgehead atoms. The maximum atomic E-state index is 10.9. The van der Waals surface area contributed by atoms with Crippen molar-refractivity contribution < 1.29 is 9.53 Å². The van der Waals surface area contributed by atoms with E-state index in [1.807, 2.05) is 18.2 Å². The molecule has 2 nitrogen and oxygen atoms in total. The fourth-order valence-electron chi connectivity index (χ4n) is 2.60. The van der Waals surface area contributed by atoms with E-state index in [2.05, 4.69) is 22.9 Å². The first-order chi connectivity index (χ1) is 8.72. The standard InChI is InChI=1S/C15H19BrO2/c1-2-11-4-3-5-13(8-11)18-14-6-7-15(16)12(9-14)10-17/h6-7,9-11,13H,2-5,8H2,1H3. The molecular formula is C15H19BrO2. The van der Waals surface area contributed by atoms with Gasteiger partial charge in [0.05, 0.1) is 6.10 Å². The van der Waals surface area contributed by atoms with Gasteiger partial charge in [-0.3, -0.25) is 4.79 Å². The summed E-state index contributed by atoms with van der Waals surface area (Å²) in [5.74, 6) is 1.60. The van der Waals surface area contributed by atoms with Crippen LogP contribution >= 0.6 is 15.9 Å². The van der Waals surface area contributed by atoms with Gasteiger partial charge in [-0.15, -0.1) is 0 Å². The quantitative estimate of drug-likeness (QED) is 0.759. The van der Waals surface area contributed by atoms with Gasteiger partial charge in [0.25, 0.3) is 0 Å². The van der Waals surface area contributed by atoms with Gasteiger partial charge in [-0.05, 0) is 43.4 Å². The van der Waals surface area contributed by atoms with Gasteiger partial charge in [-0.2, -0.15) is 0 Å². The molecule has 0 heterocycles.